The number of aliphatic hydroxyl groups is 1. The molecule has 11 heteroatoms. The molecule has 2 aliphatic heterocycles. The highest BCUT2D eigenvalue weighted by Gasteiger charge is 2.39. The minimum atomic E-state index is -1.70. The molecule has 3 aromatic rings. The van der Waals surface area contributed by atoms with Crippen LogP contribution in [0.1, 0.15) is 11.1 Å². The second-order valence-electron chi connectivity index (χ2n) is 7.88. The van der Waals surface area contributed by atoms with E-state index in [1.165, 1.54) is 11.0 Å². The van der Waals surface area contributed by atoms with Crippen LogP contribution in [-0.4, -0.2) is 53.1 Å². The molecule has 1 fully saturated rings. The summed E-state index contributed by atoms with van der Waals surface area (Å²) in [6.07, 6.45) is -3.05. The number of aromatic nitrogens is 1. The summed E-state index contributed by atoms with van der Waals surface area (Å²) in [6, 6.07) is 13.4. The number of pyridine rings is 1. The summed E-state index contributed by atoms with van der Waals surface area (Å²) in [5, 5.41) is 14.0. The smallest absolute Gasteiger partial charge is 0.259 e. The summed E-state index contributed by atoms with van der Waals surface area (Å²) in [5.41, 5.74) is 8.96. The van der Waals surface area contributed by atoms with E-state index in [-0.39, 0.29) is 31.1 Å². The average molecular weight is 484 g/mol. The molecule has 0 radical (unpaired) electrons. The van der Waals surface area contributed by atoms with E-state index >= 15 is 0 Å². The second kappa shape index (κ2) is 9.26. The summed E-state index contributed by atoms with van der Waals surface area (Å²) in [6.45, 7) is 0.844. The third-order valence-electron chi connectivity index (χ3n) is 5.76. The predicted molar refractivity (Wildman–Crippen MR) is 129 cm³/mol. The molecule has 3 heterocycles. The van der Waals surface area contributed by atoms with Crippen LogP contribution in [0.15, 0.2) is 58.3 Å². The monoisotopic (exact) mass is 483 g/mol. The van der Waals surface area contributed by atoms with Crippen molar-refractivity contribution in [3.05, 3.63) is 70.0 Å². The highest BCUT2D eigenvalue weighted by atomic mass is 35.5. The molecule has 0 spiro atoms. The molecule has 0 bridgehead atoms. The number of fused-ring (bicyclic) bond motifs is 2. The Kier molecular flexibility index (Phi) is 6.38. The van der Waals surface area contributed by atoms with Gasteiger partial charge in [0.25, 0.3) is 11.8 Å². The van der Waals surface area contributed by atoms with Crippen LogP contribution < -0.4 is 21.5 Å². The first kappa shape index (κ1) is 23.4. The van der Waals surface area contributed by atoms with Crippen LogP contribution in [0.25, 0.3) is 10.9 Å². The third-order valence-corrected chi connectivity index (χ3v) is 5.76. The van der Waals surface area contributed by atoms with Gasteiger partial charge in [-0.25, -0.2) is 0 Å². The fourth-order valence-electron chi connectivity index (χ4n) is 4.06. The Hall–Kier alpha value is -3.73. The number of hydrogen-bond donors (Lipinski definition) is 4. The van der Waals surface area contributed by atoms with Gasteiger partial charge in [0.1, 0.15) is 5.84 Å². The number of anilines is 2. The topological polar surface area (TPSA) is 150 Å². The largest absolute Gasteiger partial charge is 0.383 e. The SMILES string of the molecule is Cl.NC1=NCc2cc(NC(=O)[C@H](O)[C@H]3OCCN(c4ccc5[nH]c(=O)ccc5c4)C3=O)ccc21. The minimum Gasteiger partial charge on any atom is -0.383 e. The molecule has 5 rings (SSSR count). The molecule has 0 unspecified atom stereocenters. The number of aliphatic hydroxyl groups excluding tert-OH is 1. The Labute approximate surface area is 199 Å². The zero-order valence-electron chi connectivity index (χ0n) is 17.9. The lowest BCUT2D eigenvalue weighted by atomic mass is 10.1. The van der Waals surface area contributed by atoms with Gasteiger partial charge in [0, 0.05) is 40.5 Å². The molecule has 34 heavy (non-hydrogen) atoms. The Morgan fingerprint density at radius 1 is 1.21 bits per heavy atom. The van der Waals surface area contributed by atoms with Crippen molar-refractivity contribution in [1.29, 1.82) is 0 Å². The first-order chi connectivity index (χ1) is 15.9. The summed E-state index contributed by atoms with van der Waals surface area (Å²) >= 11 is 0. The van der Waals surface area contributed by atoms with Crippen LogP contribution in [0.4, 0.5) is 11.4 Å². The van der Waals surface area contributed by atoms with Crippen LogP contribution in [0.3, 0.4) is 0 Å². The van der Waals surface area contributed by atoms with Gasteiger partial charge < -0.3 is 30.8 Å². The number of amides is 2. The zero-order chi connectivity index (χ0) is 23.1. The van der Waals surface area contributed by atoms with Gasteiger partial charge in [-0.2, -0.15) is 0 Å². The highest BCUT2D eigenvalue weighted by molar-refractivity contribution is 6.05. The maximum atomic E-state index is 13.1. The number of ether oxygens (including phenoxy) is 1. The minimum absolute atomic E-state index is 0. The van der Waals surface area contributed by atoms with Crippen LogP contribution in [0, 0.1) is 0 Å². The van der Waals surface area contributed by atoms with Crippen molar-refractivity contribution >= 4 is 52.3 Å². The maximum Gasteiger partial charge on any atom is 0.259 e. The van der Waals surface area contributed by atoms with Crippen molar-refractivity contribution < 1.29 is 19.4 Å². The van der Waals surface area contributed by atoms with E-state index in [0.717, 1.165) is 16.5 Å². The summed E-state index contributed by atoms with van der Waals surface area (Å²) in [4.78, 5) is 45.6. The van der Waals surface area contributed by atoms with Crippen molar-refractivity contribution in [3.63, 3.8) is 0 Å². The number of morpholine rings is 1. The van der Waals surface area contributed by atoms with Gasteiger partial charge in [0.15, 0.2) is 12.2 Å². The first-order valence-corrected chi connectivity index (χ1v) is 10.4. The van der Waals surface area contributed by atoms with Crippen molar-refractivity contribution in [1.82, 2.24) is 4.98 Å². The normalized spacial score (nSPS) is 18.1. The number of aromatic amines is 1. The van der Waals surface area contributed by atoms with Crippen molar-refractivity contribution in [2.75, 3.05) is 23.4 Å². The standard InChI is InChI=1S/C23H21N5O5.ClH/c24-21-16-4-2-14(9-13(16)11-25-21)26-22(31)19(30)20-23(32)28(7-8-33-20)15-3-5-17-12(10-15)1-6-18(29)27-17;/h1-6,9-10,19-20,30H,7-8,11H2,(H2,24,25)(H,26,31)(H,27,29);1H/t19-,20-;/m1./s1. The molecular weight excluding hydrogens is 462 g/mol. The molecule has 0 saturated carbocycles. The lowest BCUT2D eigenvalue weighted by Crippen LogP contribution is -2.55. The van der Waals surface area contributed by atoms with Crippen molar-refractivity contribution in [2.45, 2.75) is 18.8 Å². The van der Waals surface area contributed by atoms with Gasteiger partial charge in [-0.05, 0) is 48.0 Å². The average Bonchev–Trinajstić information content (AvgIpc) is 3.18. The molecule has 1 saturated heterocycles. The number of halogens is 1. The van der Waals surface area contributed by atoms with Crippen LogP contribution in [-0.2, 0) is 20.9 Å². The van der Waals surface area contributed by atoms with E-state index < -0.39 is 24.0 Å². The van der Waals surface area contributed by atoms with Gasteiger partial charge in [0.2, 0.25) is 5.56 Å². The number of H-pyrrole nitrogens is 1. The number of nitrogens with zero attached hydrogens (tertiary/aromatic N) is 2. The molecule has 2 atom stereocenters. The molecule has 2 amide bonds. The number of carbonyl (C=O) groups excluding carboxylic acids is 2. The molecular formula is C23H22ClN5O5. The van der Waals surface area contributed by atoms with Gasteiger partial charge in [-0.15, -0.1) is 12.4 Å². The van der Waals surface area contributed by atoms with E-state index in [1.54, 1.807) is 42.5 Å². The molecule has 10 nitrogen and oxygen atoms in total. The van der Waals surface area contributed by atoms with E-state index in [2.05, 4.69) is 15.3 Å². The maximum absolute atomic E-state index is 13.1. The number of benzene rings is 2. The summed E-state index contributed by atoms with van der Waals surface area (Å²) in [5.74, 6) is -0.829. The number of rotatable bonds is 4. The quantitative estimate of drug-likeness (QED) is 0.433. The van der Waals surface area contributed by atoms with Crippen molar-refractivity contribution in [2.24, 2.45) is 10.7 Å². The number of aliphatic imine (C=N–C) groups is 1. The Balaban J connectivity index is 0.00000274. The summed E-state index contributed by atoms with van der Waals surface area (Å²) < 4.78 is 5.47. The second-order valence-corrected chi connectivity index (χ2v) is 7.88. The van der Waals surface area contributed by atoms with E-state index in [1.807, 2.05) is 0 Å². The molecule has 2 aliphatic rings. The summed E-state index contributed by atoms with van der Waals surface area (Å²) in [7, 11) is 0. The van der Waals surface area contributed by atoms with Crippen molar-refractivity contribution in [3.8, 4) is 0 Å². The molecule has 2 aromatic carbocycles. The lowest BCUT2D eigenvalue weighted by Gasteiger charge is -2.34. The fraction of sp³-hybridized carbons (Fsp3) is 0.217. The Morgan fingerprint density at radius 2 is 2.03 bits per heavy atom. The molecule has 176 valence electrons. The third kappa shape index (κ3) is 4.26. The van der Waals surface area contributed by atoms with Crippen LogP contribution in [0.2, 0.25) is 0 Å². The van der Waals surface area contributed by atoms with Gasteiger partial charge >= 0.3 is 0 Å². The van der Waals surface area contributed by atoms with E-state index in [4.69, 9.17) is 10.5 Å². The van der Waals surface area contributed by atoms with Gasteiger partial charge in [0.05, 0.1) is 13.2 Å². The molecule has 5 N–H and O–H groups in total. The molecule has 0 aliphatic carbocycles. The lowest BCUT2D eigenvalue weighted by molar-refractivity contribution is -0.150. The predicted octanol–water partition coefficient (Wildman–Crippen LogP) is 0.900. The number of carbonyl (C=O) groups is 2. The van der Waals surface area contributed by atoms with Crippen LogP contribution in [0.5, 0.6) is 0 Å². The van der Waals surface area contributed by atoms with Gasteiger partial charge in [-0.1, -0.05) is 0 Å². The number of nitrogens with one attached hydrogen (secondary N) is 2. The fourth-order valence-corrected chi connectivity index (χ4v) is 4.06. The highest BCUT2D eigenvalue weighted by Crippen LogP contribution is 2.25. The Morgan fingerprint density at radius 3 is 2.85 bits per heavy atom. The number of hydrogen-bond acceptors (Lipinski definition) is 7. The Bertz CT molecular complexity index is 1370. The molecule has 1 aromatic heterocycles. The number of amidine groups is 1. The van der Waals surface area contributed by atoms with Gasteiger partial charge in [-0.3, -0.25) is 19.4 Å². The first-order valence-electron chi connectivity index (χ1n) is 10.4. The van der Waals surface area contributed by atoms with E-state index in [0.29, 0.717) is 29.3 Å². The number of nitrogens with two attached hydrogens (primary N) is 1. The zero-order valence-corrected chi connectivity index (χ0v) is 18.7. The van der Waals surface area contributed by atoms with E-state index in [9.17, 15) is 19.5 Å². The van der Waals surface area contributed by atoms with Crippen LogP contribution >= 0.6 is 12.4 Å².